The minimum absolute atomic E-state index is 0.0596. The van der Waals surface area contributed by atoms with E-state index < -0.39 is 0 Å². The maximum Gasteiger partial charge on any atom is 0.225 e. The van der Waals surface area contributed by atoms with Crippen molar-refractivity contribution < 1.29 is 14.3 Å². The van der Waals surface area contributed by atoms with Gasteiger partial charge in [-0.15, -0.1) is 0 Å². The molecule has 2 aromatic rings. The van der Waals surface area contributed by atoms with Gasteiger partial charge in [0.25, 0.3) is 0 Å². The van der Waals surface area contributed by atoms with E-state index in [1.54, 1.807) is 24.3 Å². The van der Waals surface area contributed by atoms with Gasteiger partial charge in [0.2, 0.25) is 5.91 Å². The van der Waals surface area contributed by atoms with E-state index in [-0.39, 0.29) is 24.5 Å². The van der Waals surface area contributed by atoms with E-state index in [2.05, 4.69) is 10.3 Å². The number of carbonyl (C=O) groups is 2. The van der Waals surface area contributed by atoms with Gasteiger partial charge in [0.15, 0.2) is 5.78 Å². The lowest BCUT2D eigenvalue weighted by Crippen LogP contribution is -2.14. The van der Waals surface area contributed by atoms with Crippen molar-refractivity contribution in [3.8, 4) is 5.75 Å². The Morgan fingerprint density at radius 3 is 2.70 bits per heavy atom. The van der Waals surface area contributed by atoms with Crippen molar-refractivity contribution >= 4 is 29.1 Å². The average Bonchev–Trinajstić information content (AvgIpc) is 2.52. The first-order valence-electron chi connectivity index (χ1n) is 7.09. The fourth-order valence-electron chi connectivity index (χ4n) is 2.08. The van der Waals surface area contributed by atoms with Crippen molar-refractivity contribution in [1.29, 1.82) is 0 Å². The molecule has 1 heterocycles. The highest BCUT2D eigenvalue weighted by Gasteiger charge is 2.14. The number of ether oxygens (including phenoxy) is 1. The lowest BCUT2D eigenvalue weighted by molar-refractivity contribution is -0.116. The number of methoxy groups -OCH3 is 1. The van der Waals surface area contributed by atoms with E-state index >= 15 is 0 Å². The molecule has 1 N–H and O–H groups in total. The number of benzene rings is 1. The van der Waals surface area contributed by atoms with E-state index in [9.17, 15) is 9.59 Å². The molecule has 0 aliphatic heterocycles. The van der Waals surface area contributed by atoms with Gasteiger partial charge in [0.1, 0.15) is 11.6 Å². The van der Waals surface area contributed by atoms with Gasteiger partial charge in [-0.3, -0.25) is 9.59 Å². The van der Waals surface area contributed by atoms with Gasteiger partial charge >= 0.3 is 0 Å². The standard InChI is InChI=1S/C17H17ClN2O3/c1-11-3-5-15(23-2)13(9-11)14(21)4-6-17(22)20-16-10-12(18)7-8-19-16/h3,5,7-10H,4,6H2,1-2H3,(H,19,20,22). The van der Waals surface area contributed by atoms with Crippen LogP contribution in [0.5, 0.6) is 5.75 Å². The third-order valence-corrected chi connectivity index (χ3v) is 3.46. The summed E-state index contributed by atoms with van der Waals surface area (Å²) in [5, 5.41) is 3.09. The summed E-state index contributed by atoms with van der Waals surface area (Å²) in [6, 6.07) is 8.54. The molecule has 0 unspecified atom stereocenters. The maximum atomic E-state index is 12.3. The number of hydrogen-bond donors (Lipinski definition) is 1. The zero-order valence-electron chi connectivity index (χ0n) is 12.9. The van der Waals surface area contributed by atoms with Crippen LogP contribution in [0.25, 0.3) is 0 Å². The van der Waals surface area contributed by atoms with Crippen molar-refractivity contribution in [3.05, 3.63) is 52.7 Å². The number of aromatic nitrogens is 1. The molecule has 0 atom stereocenters. The molecular weight excluding hydrogens is 316 g/mol. The fourth-order valence-corrected chi connectivity index (χ4v) is 2.24. The number of nitrogens with one attached hydrogen (secondary N) is 1. The molecule has 0 bridgehead atoms. The highest BCUT2D eigenvalue weighted by molar-refractivity contribution is 6.30. The number of amides is 1. The van der Waals surface area contributed by atoms with Crippen molar-refractivity contribution in [2.24, 2.45) is 0 Å². The summed E-state index contributed by atoms with van der Waals surface area (Å²) >= 11 is 5.82. The molecular formula is C17H17ClN2O3. The third-order valence-electron chi connectivity index (χ3n) is 3.22. The predicted molar refractivity (Wildman–Crippen MR) is 89.2 cm³/mol. The number of ketones is 1. The Morgan fingerprint density at radius 2 is 2.00 bits per heavy atom. The Labute approximate surface area is 139 Å². The van der Waals surface area contributed by atoms with Crippen LogP contribution < -0.4 is 10.1 Å². The Kier molecular flexibility index (Phi) is 5.71. The normalized spacial score (nSPS) is 10.2. The van der Waals surface area contributed by atoms with Gasteiger partial charge < -0.3 is 10.1 Å². The number of hydrogen-bond acceptors (Lipinski definition) is 4. The molecule has 0 radical (unpaired) electrons. The quantitative estimate of drug-likeness (QED) is 0.820. The molecule has 23 heavy (non-hydrogen) atoms. The van der Waals surface area contributed by atoms with Crippen LogP contribution in [0, 0.1) is 6.92 Å². The van der Waals surface area contributed by atoms with Crippen LogP contribution in [-0.4, -0.2) is 23.8 Å². The first kappa shape index (κ1) is 17.0. The van der Waals surface area contributed by atoms with Crippen LogP contribution in [-0.2, 0) is 4.79 Å². The number of nitrogens with zero attached hydrogens (tertiary/aromatic N) is 1. The molecule has 0 fully saturated rings. The highest BCUT2D eigenvalue weighted by Crippen LogP contribution is 2.22. The number of aryl methyl sites for hydroxylation is 1. The van der Waals surface area contributed by atoms with E-state index in [1.165, 1.54) is 13.3 Å². The molecule has 1 aromatic carbocycles. The van der Waals surface area contributed by atoms with Crippen LogP contribution in [0.4, 0.5) is 5.82 Å². The second-order valence-corrected chi connectivity index (χ2v) is 5.47. The van der Waals surface area contributed by atoms with Crippen molar-refractivity contribution in [1.82, 2.24) is 4.98 Å². The van der Waals surface area contributed by atoms with Crippen molar-refractivity contribution in [2.45, 2.75) is 19.8 Å². The molecule has 6 heteroatoms. The van der Waals surface area contributed by atoms with E-state index in [0.717, 1.165) is 5.56 Å². The number of carbonyl (C=O) groups excluding carboxylic acids is 2. The van der Waals surface area contributed by atoms with Crippen LogP contribution in [0.15, 0.2) is 36.5 Å². The van der Waals surface area contributed by atoms with Gasteiger partial charge in [-0.05, 0) is 31.2 Å². The van der Waals surface area contributed by atoms with Crippen LogP contribution in [0.3, 0.4) is 0 Å². The molecule has 1 aromatic heterocycles. The summed E-state index contributed by atoms with van der Waals surface area (Å²) in [7, 11) is 1.51. The highest BCUT2D eigenvalue weighted by atomic mass is 35.5. The number of rotatable bonds is 6. The second-order valence-electron chi connectivity index (χ2n) is 5.03. The van der Waals surface area contributed by atoms with Crippen molar-refractivity contribution in [3.63, 3.8) is 0 Å². The largest absolute Gasteiger partial charge is 0.496 e. The van der Waals surface area contributed by atoms with Crippen molar-refractivity contribution in [2.75, 3.05) is 12.4 Å². The zero-order valence-corrected chi connectivity index (χ0v) is 13.7. The van der Waals surface area contributed by atoms with Crippen LogP contribution in [0.1, 0.15) is 28.8 Å². The van der Waals surface area contributed by atoms with Gasteiger partial charge in [0, 0.05) is 24.1 Å². The molecule has 1 amide bonds. The summed E-state index contributed by atoms with van der Waals surface area (Å²) in [5.41, 5.74) is 1.45. The van der Waals surface area contributed by atoms with Gasteiger partial charge in [-0.25, -0.2) is 4.98 Å². The monoisotopic (exact) mass is 332 g/mol. The second kappa shape index (κ2) is 7.74. The van der Waals surface area contributed by atoms with Gasteiger partial charge in [-0.2, -0.15) is 0 Å². The average molecular weight is 333 g/mol. The molecule has 2 rings (SSSR count). The minimum atomic E-state index is -0.292. The lowest BCUT2D eigenvalue weighted by atomic mass is 10.0. The van der Waals surface area contributed by atoms with Gasteiger partial charge in [-0.1, -0.05) is 23.2 Å². The summed E-state index contributed by atoms with van der Waals surface area (Å²) in [4.78, 5) is 28.2. The Balaban J connectivity index is 1.96. The Hall–Kier alpha value is -2.40. The number of Topliss-reactive ketones (excluding diaryl/α,β-unsaturated/α-hetero) is 1. The molecule has 0 aliphatic rings. The summed E-state index contributed by atoms with van der Waals surface area (Å²) in [6.45, 7) is 1.90. The van der Waals surface area contributed by atoms with Crippen LogP contribution >= 0.6 is 11.6 Å². The number of halogens is 1. The van der Waals surface area contributed by atoms with E-state index in [0.29, 0.717) is 22.2 Å². The Bertz CT molecular complexity index is 732. The van der Waals surface area contributed by atoms with E-state index in [4.69, 9.17) is 16.3 Å². The van der Waals surface area contributed by atoms with Gasteiger partial charge in [0.05, 0.1) is 12.7 Å². The molecule has 0 saturated carbocycles. The third kappa shape index (κ3) is 4.79. The molecule has 5 nitrogen and oxygen atoms in total. The minimum Gasteiger partial charge on any atom is -0.496 e. The molecule has 0 aliphatic carbocycles. The SMILES string of the molecule is COc1ccc(C)cc1C(=O)CCC(=O)Nc1cc(Cl)ccn1. The maximum absolute atomic E-state index is 12.3. The summed E-state index contributed by atoms with van der Waals surface area (Å²) < 4.78 is 5.19. The fraction of sp³-hybridized carbons (Fsp3) is 0.235. The number of anilines is 1. The van der Waals surface area contributed by atoms with Crippen LogP contribution in [0.2, 0.25) is 5.02 Å². The first-order chi connectivity index (χ1) is 11.0. The Morgan fingerprint density at radius 1 is 1.22 bits per heavy atom. The summed E-state index contributed by atoms with van der Waals surface area (Å²) in [5.74, 6) is 0.445. The zero-order chi connectivity index (χ0) is 16.8. The number of pyridine rings is 1. The first-order valence-corrected chi connectivity index (χ1v) is 7.46. The smallest absolute Gasteiger partial charge is 0.225 e. The predicted octanol–water partition coefficient (Wildman–Crippen LogP) is 3.65. The summed E-state index contributed by atoms with van der Waals surface area (Å²) in [6.07, 6.45) is 1.65. The molecule has 120 valence electrons. The molecule has 0 saturated heterocycles. The molecule has 0 spiro atoms. The van der Waals surface area contributed by atoms with E-state index in [1.807, 2.05) is 13.0 Å². The lowest BCUT2D eigenvalue weighted by Gasteiger charge is -2.09. The topological polar surface area (TPSA) is 68.3 Å².